The number of nitro groups is 1. The van der Waals surface area contributed by atoms with Gasteiger partial charge < -0.3 is 29.8 Å². The number of hydrogen-bond donors (Lipinski definition) is 2. The normalized spacial score (nSPS) is 11.7. The molecule has 0 aliphatic rings. The number of amides is 1. The molecule has 0 aliphatic carbocycles. The first kappa shape index (κ1) is 25.9. The third-order valence-corrected chi connectivity index (χ3v) is 6.07. The van der Waals surface area contributed by atoms with Gasteiger partial charge in [0.05, 0.1) is 26.2 Å². The van der Waals surface area contributed by atoms with Crippen molar-refractivity contribution in [2.45, 2.75) is 6.54 Å². The second kappa shape index (κ2) is 10.8. The summed E-state index contributed by atoms with van der Waals surface area (Å²) in [6, 6.07) is 13.2. The Labute approximate surface area is 221 Å². The Bertz CT molecular complexity index is 1500. The van der Waals surface area contributed by atoms with E-state index in [4.69, 9.17) is 0 Å². The minimum Gasteiger partial charge on any atom is -0.358 e. The van der Waals surface area contributed by atoms with Gasteiger partial charge >= 0.3 is 5.82 Å². The smallest absolute Gasteiger partial charge is 0.358 e. The molecular formula is C25H26BrN8O3+. The van der Waals surface area contributed by atoms with Gasteiger partial charge in [0.1, 0.15) is 18.3 Å². The van der Waals surface area contributed by atoms with Crippen LogP contribution in [0.5, 0.6) is 0 Å². The van der Waals surface area contributed by atoms with Crippen LogP contribution >= 0.6 is 15.9 Å². The van der Waals surface area contributed by atoms with Crippen LogP contribution in [0.1, 0.15) is 5.82 Å². The molecule has 190 valence electrons. The van der Waals surface area contributed by atoms with E-state index in [1.165, 1.54) is 18.6 Å². The molecule has 0 bridgehead atoms. The summed E-state index contributed by atoms with van der Waals surface area (Å²) in [4.78, 5) is 35.8. The average molecular weight is 566 g/mol. The molecule has 0 fully saturated rings. The van der Waals surface area contributed by atoms with E-state index in [0.717, 1.165) is 21.1 Å². The van der Waals surface area contributed by atoms with E-state index in [0.29, 0.717) is 34.9 Å². The molecule has 1 amide bonds. The van der Waals surface area contributed by atoms with E-state index in [1.807, 2.05) is 50.5 Å². The third kappa shape index (κ3) is 6.74. The van der Waals surface area contributed by atoms with Crippen LogP contribution in [0.4, 0.5) is 23.0 Å². The van der Waals surface area contributed by atoms with Gasteiger partial charge in [0.15, 0.2) is 6.54 Å². The summed E-state index contributed by atoms with van der Waals surface area (Å²) in [5.74, 6) is 0.775. The van der Waals surface area contributed by atoms with Crippen LogP contribution in [0.2, 0.25) is 0 Å². The van der Waals surface area contributed by atoms with Crippen molar-refractivity contribution in [1.82, 2.24) is 19.5 Å². The van der Waals surface area contributed by atoms with Crippen molar-refractivity contribution in [3.63, 3.8) is 0 Å². The fourth-order valence-electron chi connectivity index (χ4n) is 3.74. The Kier molecular flexibility index (Phi) is 7.60. The lowest BCUT2D eigenvalue weighted by molar-refractivity contribution is -0.898. The zero-order chi connectivity index (χ0) is 26.6. The molecule has 0 radical (unpaired) electrons. The Hall–Kier alpha value is -4.16. The molecule has 37 heavy (non-hydrogen) atoms. The molecule has 2 N–H and O–H groups in total. The fraction of sp³-hybridized carbons (Fsp3) is 0.200. The van der Waals surface area contributed by atoms with Crippen LogP contribution in [0.25, 0.3) is 10.9 Å². The van der Waals surface area contributed by atoms with Crippen LogP contribution in [0.3, 0.4) is 0 Å². The van der Waals surface area contributed by atoms with Crippen molar-refractivity contribution in [3.05, 3.63) is 87.6 Å². The highest BCUT2D eigenvalue weighted by atomic mass is 79.9. The Morgan fingerprint density at radius 1 is 1.19 bits per heavy atom. The molecule has 0 saturated heterocycles. The number of halogens is 1. The minimum atomic E-state index is -0.508. The Morgan fingerprint density at radius 2 is 2.00 bits per heavy atom. The van der Waals surface area contributed by atoms with E-state index in [2.05, 4.69) is 41.5 Å². The zero-order valence-corrected chi connectivity index (χ0v) is 22.1. The molecule has 2 aromatic heterocycles. The molecule has 0 saturated carbocycles. The van der Waals surface area contributed by atoms with Crippen molar-refractivity contribution < 1.29 is 14.2 Å². The van der Waals surface area contributed by atoms with Crippen molar-refractivity contribution in [2.24, 2.45) is 7.05 Å². The SMILES string of the molecule is Cn1cc([N+](=O)[O-])nc1C[N+](C)(C)C/C=C/C(=O)Nc1ccc2ncnc(Nc3cccc(Br)c3)c2c1. The number of aryl methyl sites for hydroxylation is 1. The van der Waals surface area contributed by atoms with Gasteiger partial charge in [-0.05, 0) is 52.4 Å². The molecule has 0 spiro atoms. The van der Waals surface area contributed by atoms with E-state index < -0.39 is 4.92 Å². The van der Waals surface area contributed by atoms with Crippen molar-refractivity contribution >= 4 is 55.8 Å². The average Bonchev–Trinajstić information content (AvgIpc) is 3.19. The number of nitrogens with zero attached hydrogens (tertiary/aromatic N) is 6. The molecule has 11 nitrogen and oxygen atoms in total. The van der Waals surface area contributed by atoms with E-state index in [9.17, 15) is 14.9 Å². The summed E-state index contributed by atoms with van der Waals surface area (Å²) in [7, 11) is 5.66. The number of carbonyl (C=O) groups excluding carboxylic acids is 1. The monoisotopic (exact) mass is 565 g/mol. The van der Waals surface area contributed by atoms with Crippen LogP contribution in [0, 0.1) is 10.1 Å². The molecule has 2 heterocycles. The zero-order valence-electron chi connectivity index (χ0n) is 20.6. The summed E-state index contributed by atoms with van der Waals surface area (Å²) in [5.41, 5.74) is 2.23. The predicted octanol–water partition coefficient (Wildman–Crippen LogP) is 4.55. The molecule has 4 aromatic rings. The van der Waals surface area contributed by atoms with Gasteiger partial charge in [0.25, 0.3) is 5.82 Å². The van der Waals surface area contributed by atoms with Crippen molar-refractivity contribution in [2.75, 3.05) is 31.3 Å². The first-order chi connectivity index (χ1) is 17.6. The largest absolute Gasteiger partial charge is 0.382 e. The number of carbonyl (C=O) groups is 1. The van der Waals surface area contributed by atoms with Gasteiger partial charge in [-0.15, -0.1) is 0 Å². The van der Waals surface area contributed by atoms with Crippen molar-refractivity contribution in [3.8, 4) is 0 Å². The number of anilines is 3. The molecule has 0 unspecified atom stereocenters. The van der Waals surface area contributed by atoms with E-state index >= 15 is 0 Å². The van der Waals surface area contributed by atoms with Gasteiger partial charge in [-0.1, -0.05) is 22.0 Å². The van der Waals surface area contributed by atoms with Gasteiger partial charge in [0.2, 0.25) is 5.91 Å². The number of imidazole rings is 1. The highest BCUT2D eigenvalue weighted by molar-refractivity contribution is 9.10. The maximum atomic E-state index is 12.6. The van der Waals surface area contributed by atoms with Gasteiger partial charge in [0, 0.05) is 34.4 Å². The summed E-state index contributed by atoms with van der Waals surface area (Å²) in [6.07, 6.45) is 6.14. The third-order valence-electron chi connectivity index (χ3n) is 5.58. The molecule has 2 aromatic carbocycles. The predicted molar refractivity (Wildman–Crippen MR) is 145 cm³/mol. The Morgan fingerprint density at radius 3 is 2.73 bits per heavy atom. The van der Waals surface area contributed by atoms with Crippen LogP contribution in [-0.4, -0.2) is 55.5 Å². The highest BCUT2D eigenvalue weighted by Gasteiger charge is 2.24. The quantitative estimate of drug-likeness (QED) is 0.132. The Balaban J connectivity index is 1.41. The van der Waals surface area contributed by atoms with Crippen LogP contribution in [-0.2, 0) is 18.4 Å². The maximum Gasteiger partial charge on any atom is 0.382 e. The lowest BCUT2D eigenvalue weighted by Crippen LogP contribution is -2.39. The number of benzene rings is 2. The van der Waals surface area contributed by atoms with Gasteiger partial charge in [-0.3, -0.25) is 4.79 Å². The minimum absolute atomic E-state index is 0.178. The summed E-state index contributed by atoms with van der Waals surface area (Å²) in [6.45, 7) is 0.995. The topological polar surface area (TPSA) is 128 Å². The second-order valence-electron chi connectivity index (χ2n) is 9.14. The van der Waals surface area contributed by atoms with Crippen LogP contribution < -0.4 is 10.6 Å². The number of rotatable bonds is 9. The highest BCUT2D eigenvalue weighted by Crippen LogP contribution is 2.27. The lowest BCUT2D eigenvalue weighted by Gasteiger charge is -2.26. The van der Waals surface area contributed by atoms with E-state index in [1.54, 1.807) is 23.8 Å². The number of hydrogen-bond acceptors (Lipinski definition) is 7. The second-order valence-corrected chi connectivity index (χ2v) is 10.1. The number of likely N-dealkylation sites (N-methyl/N-ethyl adjacent to an activating group) is 1. The molecule has 12 heteroatoms. The first-order valence-electron chi connectivity index (χ1n) is 11.3. The fourth-order valence-corrected chi connectivity index (χ4v) is 4.14. The first-order valence-corrected chi connectivity index (χ1v) is 12.1. The maximum absolute atomic E-state index is 12.6. The molecule has 4 rings (SSSR count). The summed E-state index contributed by atoms with van der Waals surface area (Å²) in [5, 5.41) is 17.9. The summed E-state index contributed by atoms with van der Waals surface area (Å²) >= 11 is 3.47. The number of aromatic nitrogens is 4. The van der Waals surface area contributed by atoms with E-state index in [-0.39, 0.29) is 11.7 Å². The number of fused-ring (bicyclic) bond motifs is 1. The lowest BCUT2D eigenvalue weighted by atomic mass is 10.2. The standard InChI is InChI=1S/C25H25BrN8O3/c1-32-14-22(33(36)37)31-23(32)15-34(2,3)11-5-8-24(35)29-19-9-10-21-20(13-19)25(28-16-27-21)30-18-7-4-6-17(26)12-18/h4-10,12-14,16H,11,15H2,1-3H3,(H-,27,28,29,30,35)/p+1/b8-5+. The van der Waals surface area contributed by atoms with Gasteiger partial charge in [-0.2, -0.15) is 0 Å². The van der Waals surface area contributed by atoms with Gasteiger partial charge in [-0.25, -0.2) is 9.97 Å². The van der Waals surface area contributed by atoms with Crippen LogP contribution in [0.15, 0.2) is 71.6 Å². The summed E-state index contributed by atoms with van der Waals surface area (Å²) < 4.78 is 3.06. The molecular weight excluding hydrogens is 540 g/mol. The molecule has 0 aliphatic heterocycles. The number of quaternary nitrogens is 1. The molecule has 0 atom stereocenters. The van der Waals surface area contributed by atoms with Crippen molar-refractivity contribution in [1.29, 1.82) is 0 Å². The number of nitrogens with one attached hydrogen (secondary N) is 2.